The van der Waals surface area contributed by atoms with E-state index in [1.54, 1.807) is 0 Å². The van der Waals surface area contributed by atoms with E-state index in [2.05, 4.69) is 4.74 Å². The Hall–Kier alpha value is -1.86. The van der Waals surface area contributed by atoms with E-state index in [0.29, 0.717) is 0 Å². The number of ether oxygens (including phenoxy) is 1. The Morgan fingerprint density at radius 2 is 1.39 bits per heavy atom. The molecule has 1 aromatic carbocycles. The largest absolute Gasteiger partial charge is 0.487 e. The SMILES string of the molecule is O=C(O)CCCOc1c(F)c(F)c(F)c(F)c1F. The maximum absolute atomic E-state index is 13.0. The summed E-state index contributed by atoms with van der Waals surface area (Å²) in [4.78, 5) is 10.1. The molecule has 0 radical (unpaired) electrons. The van der Waals surface area contributed by atoms with Gasteiger partial charge in [0.2, 0.25) is 29.1 Å². The molecule has 0 aromatic heterocycles. The van der Waals surface area contributed by atoms with Gasteiger partial charge in [-0.25, -0.2) is 13.2 Å². The molecule has 1 aromatic rings. The van der Waals surface area contributed by atoms with Gasteiger partial charge >= 0.3 is 5.97 Å². The quantitative estimate of drug-likeness (QED) is 0.387. The standard InChI is InChI=1S/C10H7F5O3/c11-5-6(12)8(14)10(9(15)7(5)13)18-3-1-2-4(16)17/h1-3H2,(H,16,17). The number of rotatable bonds is 5. The van der Waals surface area contributed by atoms with Crippen LogP contribution in [-0.4, -0.2) is 17.7 Å². The van der Waals surface area contributed by atoms with Crippen LogP contribution in [0.25, 0.3) is 0 Å². The maximum Gasteiger partial charge on any atom is 0.303 e. The molecule has 0 amide bonds. The van der Waals surface area contributed by atoms with Crippen molar-refractivity contribution in [2.24, 2.45) is 0 Å². The normalized spacial score (nSPS) is 10.5. The predicted octanol–water partition coefficient (Wildman–Crippen LogP) is 2.63. The molecule has 0 atom stereocenters. The third-order valence-electron chi connectivity index (χ3n) is 1.95. The number of carboxylic acids is 1. The van der Waals surface area contributed by atoms with Crippen LogP contribution in [0.5, 0.6) is 5.75 Å². The van der Waals surface area contributed by atoms with Crippen LogP contribution < -0.4 is 4.74 Å². The monoisotopic (exact) mass is 270 g/mol. The van der Waals surface area contributed by atoms with E-state index in [4.69, 9.17) is 5.11 Å². The zero-order chi connectivity index (χ0) is 13.9. The van der Waals surface area contributed by atoms with Crippen molar-refractivity contribution in [1.82, 2.24) is 0 Å². The van der Waals surface area contributed by atoms with Crippen LogP contribution in [0.15, 0.2) is 0 Å². The van der Waals surface area contributed by atoms with Crippen LogP contribution in [-0.2, 0) is 4.79 Å². The van der Waals surface area contributed by atoms with Crippen molar-refractivity contribution < 1.29 is 36.6 Å². The first-order valence-corrected chi connectivity index (χ1v) is 4.72. The molecular weight excluding hydrogens is 263 g/mol. The lowest BCUT2D eigenvalue weighted by Gasteiger charge is -2.09. The topological polar surface area (TPSA) is 46.5 Å². The minimum absolute atomic E-state index is 0.130. The van der Waals surface area contributed by atoms with Crippen LogP contribution in [0.1, 0.15) is 12.8 Å². The molecule has 0 bridgehead atoms. The van der Waals surface area contributed by atoms with Crippen LogP contribution in [0.4, 0.5) is 22.0 Å². The summed E-state index contributed by atoms with van der Waals surface area (Å²) < 4.78 is 68.5. The first kappa shape index (κ1) is 14.2. The van der Waals surface area contributed by atoms with Crippen molar-refractivity contribution in [2.45, 2.75) is 12.8 Å². The summed E-state index contributed by atoms with van der Waals surface area (Å²) in [5.74, 6) is -13.2. The van der Waals surface area contributed by atoms with Gasteiger partial charge in [0.15, 0.2) is 5.75 Å². The van der Waals surface area contributed by atoms with Gasteiger partial charge in [-0.15, -0.1) is 0 Å². The Balaban J connectivity index is 2.86. The third-order valence-corrected chi connectivity index (χ3v) is 1.95. The van der Waals surface area contributed by atoms with E-state index in [-0.39, 0.29) is 12.8 Å². The van der Waals surface area contributed by atoms with Crippen molar-refractivity contribution in [2.75, 3.05) is 6.61 Å². The summed E-state index contributed by atoms with van der Waals surface area (Å²) in [7, 11) is 0. The van der Waals surface area contributed by atoms with E-state index in [9.17, 15) is 26.7 Å². The molecule has 3 nitrogen and oxygen atoms in total. The summed E-state index contributed by atoms with van der Waals surface area (Å²) in [5, 5.41) is 8.27. The average molecular weight is 270 g/mol. The number of halogens is 5. The van der Waals surface area contributed by atoms with Crippen molar-refractivity contribution >= 4 is 5.97 Å². The average Bonchev–Trinajstić information content (AvgIpc) is 2.32. The van der Waals surface area contributed by atoms with Crippen LogP contribution in [0.3, 0.4) is 0 Å². The molecule has 8 heteroatoms. The highest BCUT2D eigenvalue weighted by Gasteiger charge is 2.26. The molecule has 18 heavy (non-hydrogen) atoms. The summed E-state index contributed by atoms with van der Waals surface area (Å²) in [5.41, 5.74) is 0. The summed E-state index contributed by atoms with van der Waals surface area (Å²) in [6.07, 6.45) is -0.482. The molecule has 0 aliphatic rings. The number of carbonyl (C=O) groups is 1. The molecule has 0 fully saturated rings. The third kappa shape index (κ3) is 2.88. The summed E-state index contributed by atoms with van der Waals surface area (Å²) in [6, 6.07) is 0. The summed E-state index contributed by atoms with van der Waals surface area (Å²) >= 11 is 0. The van der Waals surface area contributed by atoms with E-state index < -0.39 is 47.4 Å². The highest BCUT2D eigenvalue weighted by molar-refractivity contribution is 5.66. The molecule has 0 aliphatic carbocycles. The molecule has 0 heterocycles. The van der Waals surface area contributed by atoms with Gasteiger partial charge in [0.05, 0.1) is 6.61 Å². The number of aliphatic carboxylic acids is 1. The second-order valence-electron chi connectivity index (χ2n) is 3.24. The highest BCUT2D eigenvalue weighted by Crippen LogP contribution is 2.29. The van der Waals surface area contributed by atoms with Gasteiger partial charge in [-0.2, -0.15) is 8.78 Å². The Labute approximate surface area is 97.8 Å². The van der Waals surface area contributed by atoms with Crippen molar-refractivity contribution in [3.63, 3.8) is 0 Å². The molecular formula is C10H7F5O3. The smallest absolute Gasteiger partial charge is 0.303 e. The number of benzene rings is 1. The van der Waals surface area contributed by atoms with Gasteiger partial charge in [-0.05, 0) is 6.42 Å². The Morgan fingerprint density at radius 3 is 1.83 bits per heavy atom. The molecule has 0 spiro atoms. The van der Waals surface area contributed by atoms with Crippen molar-refractivity contribution in [3.8, 4) is 5.75 Å². The van der Waals surface area contributed by atoms with Crippen molar-refractivity contribution in [1.29, 1.82) is 0 Å². The lowest BCUT2D eigenvalue weighted by molar-refractivity contribution is -0.137. The fourth-order valence-electron chi connectivity index (χ4n) is 1.11. The van der Waals surface area contributed by atoms with Crippen LogP contribution in [0.2, 0.25) is 0 Å². The fraction of sp³-hybridized carbons (Fsp3) is 0.300. The molecule has 1 rings (SSSR count). The van der Waals surface area contributed by atoms with Gasteiger partial charge < -0.3 is 9.84 Å². The number of hydrogen-bond donors (Lipinski definition) is 1. The second-order valence-corrected chi connectivity index (χ2v) is 3.24. The molecule has 100 valence electrons. The van der Waals surface area contributed by atoms with Crippen LogP contribution >= 0.6 is 0 Å². The van der Waals surface area contributed by atoms with E-state index in [0.717, 1.165) is 0 Å². The first-order valence-electron chi connectivity index (χ1n) is 4.72. The van der Waals surface area contributed by atoms with Crippen molar-refractivity contribution in [3.05, 3.63) is 29.1 Å². The number of carboxylic acid groups (broad SMARTS) is 1. The minimum atomic E-state index is -2.28. The van der Waals surface area contributed by atoms with Gasteiger partial charge in [0.1, 0.15) is 0 Å². The minimum Gasteiger partial charge on any atom is -0.487 e. The second kappa shape index (κ2) is 5.65. The van der Waals surface area contributed by atoms with Gasteiger partial charge in [0.25, 0.3) is 0 Å². The Bertz CT molecular complexity index is 446. The zero-order valence-electron chi connectivity index (χ0n) is 8.77. The highest BCUT2D eigenvalue weighted by atomic mass is 19.2. The Morgan fingerprint density at radius 1 is 0.944 bits per heavy atom. The lowest BCUT2D eigenvalue weighted by atomic mass is 10.2. The lowest BCUT2D eigenvalue weighted by Crippen LogP contribution is -2.09. The molecule has 1 N–H and O–H groups in total. The molecule has 0 saturated carbocycles. The van der Waals surface area contributed by atoms with E-state index in [1.807, 2.05) is 0 Å². The zero-order valence-corrected chi connectivity index (χ0v) is 8.77. The summed E-state index contributed by atoms with van der Waals surface area (Å²) in [6.45, 7) is -0.481. The predicted molar refractivity (Wildman–Crippen MR) is 48.6 cm³/mol. The van der Waals surface area contributed by atoms with E-state index in [1.165, 1.54) is 0 Å². The van der Waals surface area contributed by atoms with E-state index >= 15 is 0 Å². The van der Waals surface area contributed by atoms with Gasteiger partial charge in [-0.3, -0.25) is 4.79 Å². The Kier molecular flexibility index (Phi) is 4.46. The molecule has 0 saturated heterocycles. The maximum atomic E-state index is 13.0. The number of hydrogen-bond acceptors (Lipinski definition) is 2. The van der Waals surface area contributed by atoms with Crippen LogP contribution in [0, 0.1) is 29.1 Å². The molecule has 0 unspecified atom stereocenters. The fourth-order valence-corrected chi connectivity index (χ4v) is 1.11. The first-order chi connectivity index (χ1) is 8.36. The van der Waals surface area contributed by atoms with Gasteiger partial charge in [0, 0.05) is 6.42 Å². The molecule has 0 aliphatic heterocycles. The van der Waals surface area contributed by atoms with Gasteiger partial charge in [-0.1, -0.05) is 0 Å².